The van der Waals surface area contributed by atoms with Gasteiger partial charge in [-0.1, -0.05) is 24.9 Å². The molecule has 1 amide bonds. The first kappa shape index (κ1) is 14.5. The van der Waals surface area contributed by atoms with E-state index in [1.807, 2.05) is 6.92 Å². The van der Waals surface area contributed by atoms with Gasteiger partial charge in [0.15, 0.2) is 0 Å². The van der Waals surface area contributed by atoms with Gasteiger partial charge in [0, 0.05) is 10.7 Å². The minimum absolute atomic E-state index is 0.113. The van der Waals surface area contributed by atoms with Crippen molar-refractivity contribution in [3.63, 3.8) is 0 Å². The lowest BCUT2D eigenvalue weighted by molar-refractivity contribution is 0.0952. The molecule has 0 spiro atoms. The fourth-order valence-electron chi connectivity index (χ4n) is 1.39. The Morgan fingerprint density at radius 1 is 1.50 bits per heavy atom. The Bertz CT molecular complexity index is 458. The maximum absolute atomic E-state index is 11.8. The monoisotopic (exact) mass is 268 g/mol. The predicted molar refractivity (Wildman–Crippen MR) is 73.2 cm³/mol. The summed E-state index contributed by atoms with van der Waals surface area (Å²) in [6.07, 6.45) is 2.96. The van der Waals surface area contributed by atoms with Gasteiger partial charge in [0.2, 0.25) is 0 Å². The van der Waals surface area contributed by atoms with Crippen LogP contribution in [0.5, 0.6) is 5.75 Å². The third-order valence-corrected chi connectivity index (χ3v) is 2.68. The molecule has 5 heteroatoms. The van der Waals surface area contributed by atoms with Gasteiger partial charge in [0.25, 0.3) is 5.91 Å². The average Bonchev–Trinajstić information content (AvgIpc) is 2.36. The van der Waals surface area contributed by atoms with Gasteiger partial charge >= 0.3 is 0 Å². The number of benzene rings is 1. The number of halogens is 1. The fraction of sp³-hybridized carbons (Fsp3) is 0.385. The van der Waals surface area contributed by atoms with Crippen LogP contribution >= 0.6 is 11.6 Å². The number of aromatic hydroxyl groups is 1. The predicted octanol–water partition coefficient (Wildman–Crippen LogP) is 3.34. The average molecular weight is 269 g/mol. The molecular weight excluding hydrogens is 252 g/mol. The van der Waals surface area contributed by atoms with Gasteiger partial charge in [0.05, 0.1) is 5.56 Å². The molecule has 1 aromatic rings. The van der Waals surface area contributed by atoms with E-state index in [1.54, 1.807) is 0 Å². The lowest BCUT2D eigenvalue weighted by atomic mass is 10.2. The summed E-state index contributed by atoms with van der Waals surface area (Å²) < 4.78 is 0. The van der Waals surface area contributed by atoms with Gasteiger partial charge in [-0.15, -0.1) is 0 Å². The van der Waals surface area contributed by atoms with Gasteiger partial charge < -0.3 is 5.11 Å². The largest absolute Gasteiger partial charge is 0.507 e. The number of unbranched alkanes of at least 4 members (excludes halogenated alkanes) is 1. The van der Waals surface area contributed by atoms with Crippen LogP contribution in [-0.2, 0) is 0 Å². The number of hydrogen-bond donors (Lipinski definition) is 2. The molecule has 2 N–H and O–H groups in total. The Hall–Kier alpha value is -1.55. The maximum atomic E-state index is 11.8. The molecule has 0 atom stereocenters. The number of hydrazone groups is 1. The molecule has 98 valence electrons. The summed E-state index contributed by atoms with van der Waals surface area (Å²) in [6.45, 7) is 3.95. The molecule has 0 saturated heterocycles. The summed E-state index contributed by atoms with van der Waals surface area (Å²) in [5.74, 6) is -0.579. The van der Waals surface area contributed by atoms with Crippen LogP contribution in [0.4, 0.5) is 0 Å². The number of carbonyl (C=O) groups excluding carboxylic acids is 1. The highest BCUT2D eigenvalue weighted by atomic mass is 35.5. The minimum Gasteiger partial charge on any atom is -0.507 e. The van der Waals surface area contributed by atoms with E-state index in [4.69, 9.17) is 11.6 Å². The molecule has 1 rings (SSSR count). The normalized spacial score (nSPS) is 11.4. The molecule has 0 aromatic heterocycles. The maximum Gasteiger partial charge on any atom is 0.275 e. The Kier molecular flexibility index (Phi) is 5.65. The number of amides is 1. The van der Waals surface area contributed by atoms with Crippen molar-refractivity contribution in [2.75, 3.05) is 0 Å². The second kappa shape index (κ2) is 7.01. The highest BCUT2D eigenvalue weighted by Crippen LogP contribution is 2.21. The Balaban J connectivity index is 2.68. The van der Waals surface area contributed by atoms with Crippen LogP contribution < -0.4 is 5.43 Å². The Morgan fingerprint density at radius 3 is 2.89 bits per heavy atom. The zero-order valence-electron chi connectivity index (χ0n) is 10.5. The van der Waals surface area contributed by atoms with Gasteiger partial charge in [-0.05, 0) is 38.0 Å². The van der Waals surface area contributed by atoms with E-state index in [0.29, 0.717) is 5.02 Å². The van der Waals surface area contributed by atoms with Crippen molar-refractivity contribution in [3.8, 4) is 5.75 Å². The molecule has 18 heavy (non-hydrogen) atoms. The smallest absolute Gasteiger partial charge is 0.275 e. The Labute approximate surface area is 112 Å². The summed E-state index contributed by atoms with van der Waals surface area (Å²) in [6, 6.07) is 4.30. The van der Waals surface area contributed by atoms with Gasteiger partial charge in [-0.2, -0.15) is 5.10 Å². The van der Waals surface area contributed by atoms with Crippen LogP contribution in [0.3, 0.4) is 0 Å². The fourth-order valence-corrected chi connectivity index (χ4v) is 1.56. The van der Waals surface area contributed by atoms with E-state index in [2.05, 4.69) is 17.5 Å². The van der Waals surface area contributed by atoms with Gasteiger partial charge in [0.1, 0.15) is 5.75 Å². The highest BCUT2D eigenvalue weighted by molar-refractivity contribution is 6.31. The lowest BCUT2D eigenvalue weighted by Crippen LogP contribution is -2.19. The molecule has 0 aliphatic carbocycles. The lowest BCUT2D eigenvalue weighted by Gasteiger charge is -2.04. The molecular formula is C13H17ClN2O2. The van der Waals surface area contributed by atoms with E-state index < -0.39 is 5.91 Å². The van der Waals surface area contributed by atoms with E-state index in [0.717, 1.165) is 25.0 Å². The Morgan fingerprint density at radius 2 is 2.22 bits per heavy atom. The molecule has 0 aliphatic heterocycles. The number of carbonyl (C=O) groups is 1. The summed E-state index contributed by atoms with van der Waals surface area (Å²) in [7, 11) is 0. The number of nitrogens with zero attached hydrogens (tertiary/aromatic N) is 1. The van der Waals surface area contributed by atoms with Crippen LogP contribution in [-0.4, -0.2) is 16.7 Å². The summed E-state index contributed by atoms with van der Waals surface area (Å²) in [4.78, 5) is 11.8. The molecule has 4 nitrogen and oxygen atoms in total. The third-order valence-electron chi connectivity index (χ3n) is 2.44. The van der Waals surface area contributed by atoms with Crippen molar-refractivity contribution in [1.29, 1.82) is 0 Å². The highest BCUT2D eigenvalue weighted by Gasteiger charge is 2.10. The molecule has 1 aromatic carbocycles. The SMILES string of the molecule is CCCC/C(C)=N\NC(=O)c1cc(Cl)ccc1O. The summed E-state index contributed by atoms with van der Waals surface area (Å²) >= 11 is 5.77. The molecule has 0 aliphatic rings. The van der Waals surface area contributed by atoms with E-state index in [1.165, 1.54) is 18.2 Å². The quantitative estimate of drug-likeness (QED) is 0.635. The van der Waals surface area contributed by atoms with Crippen molar-refractivity contribution >= 4 is 23.2 Å². The summed E-state index contributed by atoms with van der Waals surface area (Å²) in [5.41, 5.74) is 3.38. The van der Waals surface area contributed by atoms with Gasteiger partial charge in [-0.3, -0.25) is 4.79 Å². The van der Waals surface area contributed by atoms with Crippen molar-refractivity contribution in [1.82, 2.24) is 5.43 Å². The molecule has 0 saturated carbocycles. The molecule has 0 radical (unpaired) electrons. The first-order chi connectivity index (χ1) is 8.54. The van der Waals surface area contributed by atoms with Crippen LogP contribution in [0, 0.1) is 0 Å². The van der Waals surface area contributed by atoms with E-state index in [9.17, 15) is 9.90 Å². The molecule has 0 heterocycles. The van der Waals surface area contributed by atoms with Gasteiger partial charge in [-0.25, -0.2) is 5.43 Å². The zero-order valence-corrected chi connectivity index (χ0v) is 11.3. The summed E-state index contributed by atoms with van der Waals surface area (Å²) in [5, 5.41) is 13.9. The second-order valence-electron chi connectivity index (χ2n) is 4.05. The van der Waals surface area contributed by atoms with Crippen molar-refractivity contribution in [2.24, 2.45) is 5.10 Å². The van der Waals surface area contributed by atoms with Crippen molar-refractivity contribution < 1.29 is 9.90 Å². The van der Waals surface area contributed by atoms with Crippen molar-refractivity contribution in [2.45, 2.75) is 33.1 Å². The van der Waals surface area contributed by atoms with Crippen LogP contribution in [0.1, 0.15) is 43.5 Å². The number of phenols is 1. The molecule has 0 bridgehead atoms. The number of nitrogens with one attached hydrogen (secondary N) is 1. The topological polar surface area (TPSA) is 61.7 Å². The first-order valence-corrected chi connectivity index (χ1v) is 6.24. The number of rotatable bonds is 5. The zero-order chi connectivity index (χ0) is 13.5. The first-order valence-electron chi connectivity index (χ1n) is 5.86. The number of hydrogen-bond acceptors (Lipinski definition) is 3. The van der Waals surface area contributed by atoms with Crippen LogP contribution in [0.2, 0.25) is 5.02 Å². The molecule has 0 fully saturated rings. The van der Waals surface area contributed by atoms with E-state index >= 15 is 0 Å². The standard InChI is InChI=1S/C13H17ClN2O2/c1-3-4-5-9(2)15-16-13(18)11-8-10(14)6-7-12(11)17/h6-8,17H,3-5H2,1-2H3,(H,16,18)/b15-9-. The minimum atomic E-state index is -0.467. The molecule has 0 unspecified atom stereocenters. The third kappa shape index (κ3) is 4.37. The van der Waals surface area contributed by atoms with Crippen LogP contribution in [0.15, 0.2) is 23.3 Å². The second-order valence-corrected chi connectivity index (χ2v) is 4.49. The van der Waals surface area contributed by atoms with Crippen molar-refractivity contribution in [3.05, 3.63) is 28.8 Å². The number of phenolic OH excluding ortho intramolecular Hbond substituents is 1. The van der Waals surface area contributed by atoms with Crippen LogP contribution in [0.25, 0.3) is 0 Å². The van der Waals surface area contributed by atoms with E-state index in [-0.39, 0.29) is 11.3 Å².